The zero-order valence-electron chi connectivity index (χ0n) is 10.1. The highest BCUT2D eigenvalue weighted by Crippen LogP contribution is 2.15. The predicted octanol–water partition coefficient (Wildman–Crippen LogP) is 2.25. The van der Waals surface area contributed by atoms with Gasteiger partial charge in [0.1, 0.15) is 0 Å². The van der Waals surface area contributed by atoms with Crippen LogP contribution in [0.2, 0.25) is 0 Å². The highest BCUT2D eigenvalue weighted by molar-refractivity contribution is 4.81. The second kappa shape index (κ2) is 6.41. The highest BCUT2D eigenvalue weighted by Gasteiger charge is 2.23. The zero-order chi connectivity index (χ0) is 10.4. The SMILES string of the molecule is CCCN(C(C)CC)C1CCCNC1. The zero-order valence-corrected chi connectivity index (χ0v) is 10.1. The standard InChI is InChI=1S/C12H26N2/c1-4-9-14(11(3)5-2)12-7-6-8-13-10-12/h11-13H,4-10H2,1-3H3. The summed E-state index contributed by atoms with van der Waals surface area (Å²) < 4.78 is 0. The van der Waals surface area contributed by atoms with Gasteiger partial charge in [-0.25, -0.2) is 0 Å². The van der Waals surface area contributed by atoms with Crippen LogP contribution in [0.25, 0.3) is 0 Å². The summed E-state index contributed by atoms with van der Waals surface area (Å²) in [5, 5.41) is 3.51. The van der Waals surface area contributed by atoms with Crippen molar-refractivity contribution in [2.45, 2.75) is 58.5 Å². The maximum absolute atomic E-state index is 3.51. The van der Waals surface area contributed by atoms with Crippen molar-refractivity contribution < 1.29 is 0 Å². The fraction of sp³-hybridized carbons (Fsp3) is 1.00. The molecule has 1 saturated heterocycles. The topological polar surface area (TPSA) is 15.3 Å². The first-order valence-corrected chi connectivity index (χ1v) is 6.26. The molecule has 0 bridgehead atoms. The van der Waals surface area contributed by atoms with E-state index >= 15 is 0 Å². The fourth-order valence-corrected chi connectivity index (χ4v) is 2.37. The summed E-state index contributed by atoms with van der Waals surface area (Å²) in [5.74, 6) is 0. The lowest BCUT2D eigenvalue weighted by Crippen LogP contribution is -2.49. The first-order valence-electron chi connectivity index (χ1n) is 6.26. The molecule has 0 saturated carbocycles. The van der Waals surface area contributed by atoms with Gasteiger partial charge < -0.3 is 5.32 Å². The predicted molar refractivity (Wildman–Crippen MR) is 62.6 cm³/mol. The molecule has 2 atom stereocenters. The lowest BCUT2D eigenvalue weighted by molar-refractivity contribution is 0.118. The summed E-state index contributed by atoms with van der Waals surface area (Å²) in [5.41, 5.74) is 0. The molecule has 1 N–H and O–H groups in total. The third-order valence-corrected chi connectivity index (χ3v) is 3.38. The first kappa shape index (κ1) is 12.0. The van der Waals surface area contributed by atoms with E-state index in [1.54, 1.807) is 0 Å². The molecular formula is C12H26N2. The van der Waals surface area contributed by atoms with Crippen LogP contribution in [0.15, 0.2) is 0 Å². The van der Waals surface area contributed by atoms with E-state index in [2.05, 4.69) is 31.0 Å². The summed E-state index contributed by atoms with van der Waals surface area (Å²) in [6, 6.07) is 1.54. The number of piperidine rings is 1. The van der Waals surface area contributed by atoms with Crippen LogP contribution in [0.1, 0.15) is 46.5 Å². The van der Waals surface area contributed by atoms with Gasteiger partial charge in [-0.15, -0.1) is 0 Å². The van der Waals surface area contributed by atoms with Gasteiger partial charge in [-0.2, -0.15) is 0 Å². The Bertz CT molecular complexity index is 141. The van der Waals surface area contributed by atoms with Crippen LogP contribution in [0, 0.1) is 0 Å². The molecule has 0 aromatic heterocycles. The summed E-state index contributed by atoms with van der Waals surface area (Å²) in [7, 11) is 0. The molecule has 0 aromatic rings. The second-order valence-electron chi connectivity index (χ2n) is 4.50. The van der Waals surface area contributed by atoms with Gasteiger partial charge in [0, 0.05) is 18.6 Å². The Morgan fingerprint density at radius 1 is 1.43 bits per heavy atom. The molecule has 2 unspecified atom stereocenters. The van der Waals surface area contributed by atoms with Crippen molar-refractivity contribution in [2.75, 3.05) is 19.6 Å². The fourth-order valence-electron chi connectivity index (χ4n) is 2.37. The lowest BCUT2D eigenvalue weighted by Gasteiger charge is -2.38. The van der Waals surface area contributed by atoms with Gasteiger partial charge in [-0.1, -0.05) is 13.8 Å². The number of nitrogens with one attached hydrogen (secondary N) is 1. The molecule has 1 heterocycles. The first-order chi connectivity index (χ1) is 6.79. The monoisotopic (exact) mass is 198 g/mol. The molecule has 0 aliphatic carbocycles. The van der Waals surface area contributed by atoms with Crippen LogP contribution >= 0.6 is 0 Å². The molecule has 0 amide bonds. The van der Waals surface area contributed by atoms with Crippen LogP contribution in [-0.4, -0.2) is 36.6 Å². The Balaban J connectivity index is 2.46. The van der Waals surface area contributed by atoms with E-state index < -0.39 is 0 Å². The van der Waals surface area contributed by atoms with Gasteiger partial charge >= 0.3 is 0 Å². The molecule has 14 heavy (non-hydrogen) atoms. The number of hydrogen-bond donors (Lipinski definition) is 1. The van der Waals surface area contributed by atoms with Crippen molar-refractivity contribution in [1.29, 1.82) is 0 Å². The number of nitrogens with zero attached hydrogens (tertiary/aromatic N) is 1. The second-order valence-corrected chi connectivity index (χ2v) is 4.50. The van der Waals surface area contributed by atoms with Crippen molar-refractivity contribution in [1.82, 2.24) is 10.2 Å². The quantitative estimate of drug-likeness (QED) is 0.729. The Kier molecular flexibility index (Phi) is 5.49. The van der Waals surface area contributed by atoms with Crippen LogP contribution in [0.5, 0.6) is 0 Å². The normalized spacial score (nSPS) is 25.3. The Morgan fingerprint density at radius 3 is 2.71 bits per heavy atom. The van der Waals surface area contributed by atoms with Gasteiger partial charge in [-0.3, -0.25) is 4.90 Å². The van der Waals surface area contributed by atoms with E-state index in [1.807, 2.05) is 0 Å². The Hall–Kier alpha value is -0.0800. The molecule has 1 aliphatic rings. The van der Waals surface area contributed by atoms with Gasteiger partial charge in [0.15, 0.2) is 0 Å². The van der Waals surface area contributed by atoms with Crippen molar-refractivity contribution >= 4 is 0 Å². The van der Waals surface area contributed by atoms with Crippen molar-refractivity contribution in [2.24, 2.45) is 0 Å². The maximum Gasteiger partial charge on any atom is 0.0223 e. The Labute approximate surface area is 89.1 Å². The minimum absolute atomic E-state index is 0.750. The van der Waals surface area contributed by atoms with E-state index in [9.17, 15) is 0 Å². The number of rotatable bonds is 5. The molecule has 1 rings (SSSR count). The van der Waals surface area contributed by atoms with Gasteiger partial charge in [0.25, 0.3) is 0 Å². The van der Waals surface area contributed by atoms with Crippen LogP contribution < -0.4 is 5.32 Å². The summed E-state index contributed by atoms with van der Waals surface area (Å²) in [6.45, 7) is 10.6. The molecular weight excluding hydrogens is 172 g/mol. The van der Waals surface area contributed by atoms with Crippen LogP contribution in [0.3, 0.4) is 0 Å². The molecule has 2 heteroatoms. The molecule has 1 aliphatic heterocycles. The molecule has 2 nitrogen and oxygen atoms in total. The summed E-state index contributed by atoms with van der Waals surface area (Å²) in [6.07, 6.45) is 5.29. The third-order valence-electron chi connectivity index (χ3n) is 3.38. The van der Waals surface area contributed by atoms with E-state index in [1.165, 1.54) is 45.3 Å². The van der Waals surface area contributed by atoms with Crippen LogP contribution in [-0.2, 0) is 0 Å². The molecule has 1 fully saturated rings. The minimum Gasteiger partial charge on any atom is -0.315 e. The summed E-state index contributed by atoms with van der Waals surface area (Å²) in [4.78, 5) is 2.70. The number of hydrogen-bond acceptors (Lipinski definition) is 2. The third kappa shape index (κ3) is 3.25. The molecule has 0 aromatic carbocycles. The van der Waals surface area contributed by atoms with E-state index in [0.717, 1.165) is 12.1 Å². The maximum atomic E-state index is 3.51. The smallest absolute Gasteiger partial charge is 0.0223 e. The van der Waals surface area contributed by atoms with Gasteiger partial charge in [-0.05, 0) is 45.7 Å². The van der Waals surface area contributed by atoms with Crippen LogP contribution in [0.4, 0.5) is 0 Å². The van der Waals surface area contributed by atoms with E-state index in [4.69, 9.17) is 0 Å². The van der Waals surface area contributed by atoms with Gasteiger partial charge in [0.05, 0.1) is 0 Å². The van der Waals surface area contributed by atoms with Crippen molar-refractivity contribution in [3.63, 3.8) is 0 Å². The van der Waals surface area contributed by atoms with Gasteiger partial charge in [0.2, 0.25) is 0 Å². The minimum atomic E-state index is 0.750. The van der Waals surface area contributed by atoms with E-state index in [0.29, 0.717) is 0 Å². The molecule has 0 radical (unpaired) electrons. The van der Waals surface area contributed by atoms with Crippen molar-refractivity contribution in [3.05, 3.63) is 0 Å². The molecule has 0 spiro atoms. The largest absolute Gasteiger partial charge is 0.315 e. The Morgan fingerprint density at radius 2 is 2.21 bits per heavy atom. The highest BCUT2D eigenvalue weighted by atomic mass is 15.2. The van der Waals surface area contributed by atoms with Crippen molar-refractivity contribution in [3.8, 4) is 0 Å². The molecule has 84 valence electrons. The average molecular weight is 198 g/mol. The summed E-state index contributed by atoms with van der Waals surface area (Å²) >= 11 is 0. The van der Waals surface area contributed by atoms with E-state index in [-0.39, 0.29) is 0 Å². The average Bonchev–Trinajstić information content (AvgIpc) is 2.26. The lowest BCUT2D eigenvalue weighted by atomic mass is 10.0.